The fraction of sp³-hybridized carbons (Fsp3) is 0.273. The smallest absolute Gasteiger partial charge is 0.278 e. The Labute approximate surface area is 191 Å². The summed E-state index contributed by atoms with van der Waals surface area (Å²) in [5.41, 5.74) is -0.291. The summed E-state index contributed by atoms with van der Waals surface area (Å²) in [6.07, 6.45) is 2.71. The average Bonchev–Trinajstić information content (AvgIpc) is 3.26. The number of rotatable bonds is 3. The van der Waals surface area contributed by atoms with Crippen molar-refractivity contribution < 1.29 is 23.5 Å². The van der Waals surface area contributed by atoms with Gasteiger partial charge < -0.3 is 20.3 Å². The normalized spacial score (nSPS) is 18.9. The van der Waals surface area contributed by atoms with Crippen molar-refractivity contribution in [2.45, 2.75) is 32.5 Å². The van der Waals surface area contributed by atoms with Gasteiger partial charge in [-0.1, -0.05) is 6.07 Å². The fourth-order valence-electron chi connectivity index (χ4n) is 4.40. The van der Waals surface area contributed by atoms with Crippen LogP contribution >= 0.6 is 0 Å². The van der Waals surface area contributed by atoms with Crippen LogP contribution in [0.3, 0.4) is 0 Å². The molecule has 10 nitrogen and oxygen atoms in total. The minimum atomic E-state index is -1.03. The molecule has 4 heterocycles. The van der Waals surface area contributed by atoms with Gasteiger partial charge in [-0.2, -0.15) is 0 Å². The molecule has 2 amide bonds. The van der Waals surface area contributed by atoms with Crippen LogP contribution in [0.1, 0.15) is 63.7 Å². The van der Waals surface area contributed by atoms with E-state index in [9.17, 15) is 28.3 Å². The molecule has 2 aliphatic rings. The maximum atomic E-state index is 13.9. The standard InChI is InChI=1S/C22H20F2N6O4/c1-10-16-17(27-8-26-16)11(2)30-9-28(10)22(34)18-20(32)19(31)14(7-29(18)30)21(33)25-6-12-3-4-13(23)5-15(12)24/h3-5,7-8,10-11,32H,6,9H2,1-2H3,(H,25,33)(H,26,27). The van der Waals surface area contributed by atoms with E-state index in [0.29, 0.717) is 11.8 Å². The van der Waals surface area contributed by atoms with Crippen LogP contribution in [0.5, 0.6) is 5.75 Å². The number of H-pyrrole nitrogens is 1. The van der Waals surface area contributed by atoms with Gasteiger partial charge in [-0.15, -0.1) is 0 Å². The minimum absolute atomic E-state index is 0.0176. The number of benzene rings is 1. The van der Waals surface area contributed by atoms with E-state index in [2.05, 4.69) is 15.3 Å². The van der Waals surface area contributed by atoms with E-state index in [0.717, 1.165) is 11.8 Å². The zero-order valence-corrected chi connectivity index (χ0v) is 18.2. The second-order valence-corrected chi connectivity index (χ2v) is 8.24. The van der Waals surface area contributed by atoms with Gasteiger partial charge in [-0.05, 0) is 19.9 Å². The fourth-order valence-corrected chi connectivity index (χ4v) is 4.40. The van der Waals surface area contributed by atoms with Crippen LogP contribution in [0.15, 0.2) is 35.5 Å². The van der Waals surface area contributed by atoms with Crippen molar-refractivity contribution in [3.63, 3.8) is 0 Å². The van der Waals surface area contributed by atoms with E-state index >= 15 is 0 Å². The zero-order chi connectivity index (χ0) is 24.3. The highest BCUT2D eigenvalue weighted by molar-refractivity contribution is 5.99. The molecule has 0 spiro atoms. The van der Waals surface area contributed by atoms with Crippen molar-refractivity contribution in [1.82, 2.24) is 24.9 Å². The quantitative estimate of drug-likeness (QED) is 0.535. The topological polar surface area (TPSA) is 124 Å². The van der Waals surface area contributed by atoms with E-state index in [1.165, 1.54) is 28.2 Å². The molecule has 0 radical (unpaired) electrons. The number of aromatic hydroxyl groups is 1. The minimum Gasteiger partial charge on any atom is -0.502 e. The van der Waals surface area contributed by atoms with Gasteiger partial charge in [0.2, 0.25) is 5.43 Å². The summed E-state index contributed by atoms with van der Waals surface area (Å²) in [7, 11) is 0. The number of aromatic nitrogens is 3. The maximum Gasteiger partial charge on any atom is 0.278 e. The molecule has 2 bridgehead atoms. The Hall–Kier alpha value is -4.22. The largest absolute Gasteiger partial charge is 0.502 e. The summed E-state index contributed by atoms with van der Waals surface area (Å²) < 4.78 is 28.3. The van der Waals surface area contributed by atoms with Crippen molar-refractivity contribution in [3.05, 3.63) is 80.8 Å². The number of hydrogen-bond donors (Lipinski definition) is 3. The molecule has 2 unspecified atom stereocenters. The SMILES string of the molecule is CC1c2[nH]cnc2C(C)N2CN1C(=O)c1c(O)c(=O)c(C(=O)NCc3ccc(F)cc3F)cn12. The lowest BCUT2D eigenvalue weighted by atomic mass is 10.1. The molecule has 2 atom stereocenters. The van der Waals surface area contributed by atoms with Crippen LogP contribution in [0, 0.1) is 11.6 Å². The van der Waals surface area contributed by atoms with Gasteiger partial charge in [0.25, 0.3) is 11.8 Å². The second kappa shape index (κ2) is 7.68. The van der Waals surface area contributed by atoms with E-state index in [4.69, 9.17) is 0 Å². The molecule has 3 aromatic rings. The van der Waals surface area contributed by atoms with Gasteiger partial charge >= 0.3 is 0 Å². The Morgan fingerprint density at radius 2 is 2.03 bits per heavy atom. The van der Waals surface area contributed by atoms with Crippen molar-refractivity contribution >= 4 is 11.8 Å². The molecule has 0 fully saturated rings. The van der Waals surface area contributed by atoms with E-state index in [1.54, 1.807) is 5.01 Å². The molecule has 5 rings (SSSR count). The number of pyridine rings is 1. The number of fused-ring (bicyclic) bond motifs is 5. The molecule has 0 aliphatic carbocycles. The third-order valence-corrected chi connectivity index (χ3v) is 6.33. The second-order valence-electron chi connectivity index (χ2n) is 8.24. The molecule has 1 aromatic carbocycles. The number of aromatic amines is 1. The molecular weight excluding hydrogens is 450 g/mol. The number of carbonyl (C=O) groups is 2. The van der Waals surface area contributed by atoms with Gasteiger partial charge in [-0.3, -0.25) is 24.1 Å². The van der Waals surface area contributed by atoms with Crippen LogP contribution in [0.4, 0.5) is 8.78 Å². The van der Waals surface area contributed by atoms with Crippen molar-refractivity contribution in [2.75, 3.05) is 11.7 Å². The number of carbonyl (C=O) groups excluding carboxylic acids is 2. The monoisotopic (exact) mass is 470 g/mol. The lowest BCUT2D eigenvalue weighted by molar-refractivity contribution is 0.0611. The van der Waals surface area contributed by atoms with Crippen LogP contribution in [-0.4, -0.2) is 43.1 Å². The molecule has 2 aliphatic heterocycles. The summed E-state index contributed by atoms with van der Waals surface area (Å²) in [4.78, 5) is 47.8. The Bertz CT molecular complexity index is 1400. The van der Waals surface area contributed by atoms with Gasteiger partial charge in [0.05, 0.1) is 29.8 Å². The lowest BCUT2D eigenvalue weighted by Crippen LogP contribution is -2.54. The van der Waals surface area contributed by atoms with Crippen LogP contribution in [0.2, 0.25) is 0 Å². The van der Waals surface area contributed by atoms with Gasteiger partial charge in [0.1, 0.15) is 23.9 Å². The summed E-state index contributed by atoms with van der Waals surface area (Å²) in [5, 5.41) is 14.8. The molecule has 2 aromatic heterocycles. The number of hydrogen-bond acceptors (Lipinski definition) is 6. The van der Waals surface area contributed by atoms with Gasteiger partial charge in [0.15, 0.2) is 11.4 Å². The van der Waals surface area contributed by atoms with Gasteiger partial charge in [0, 0.05) is 24.4 Å². The highest BCUT2D eigenvalue weighted by Crippen LogP contribution is 2.37. The first-order valence-corrected chi connectivity index (χ1v) is 10.5. The first-order chi connectivity index (χ1) is 16.2. The van der Waals surface area contributed by atoms with Crippen LogP contribution in [-0.2, 0) is 6.54 Å². The summed E-state index contributed by atoms with van der Waals surface area (Å²) in [5.74, 6) is -3.93. The first-order valence-electron chi connectivity index (χ1n) is 10.5. The maximum absolute atomic E-state index is 13.9. The average molecular weight is 470 g/mol. The molecule has 34 heavy (non-hydrogen) atoms. The van der Waals surface area contributed by atoms with E-state index in [1.807, 2.05) is 13.8 Å². The highest BCUT2D eigenvalue weighted by Gasteiger charge is 2.42. The highest BCUT2D eigenvalue weighted by atomic mass is 19.1. The van der Waals surface area contributed by atoms with Crippen molar-refractivity contribution in [1.29, 1.82) is 0 Å². The molecule has 176 valence electrons. The molecule has 0 saturated heterocycles. The van der Waals surface area contributed by atoms with E-state index < -0.39 is 46.2 Å². The van der Waals surface area contributed by atoms with Crippen molar-refractivity contribution in [2.24, 2.45) is 0 Å². The van der Waals surface area contributed by atoms with Crippen LogP contribution < -0.4 is 15.8 Å². The number of nitrogens with zero attached hydrogens (tertiary/aromatic N) is 4. The molecular formula is C22H20F2N6O4. The Morgan fingerprint density at radius 1 is 1.26 bits per heavy atom. The predicted octanol–water partition coefficient (Wildman–Crippen LogP) is 1.67. The third kappa shape index (κ3) is 3.13. The number of imidazole rings is 1. The first kappa shape index (κ1) is 21.6. The molecule has 12 heteroatoms. The summed E-state index contributed by atoms with van der Waals surface area (Å²) in [6.45, 7) is 3.48. The summed E-state index contributed by atoms with van der Waals surface area (Å²) in [6, 6.07) is 2.15. The zero-order valence-electron chi connectivity index (χ0n) is 18.2. The van der Waals surface area contributed by atoms with Crippen molar-refractivity contribution in [3.8, 4) is 5.75 Å². The number of nitrogens with one attached hydrogen (secondary N) is 2. The predicted molar refractivity (Wildman–Crippen MR) is 115 cm³/mol. The Kier molecular flexibility index (Phi) is 4.88. The van der Waals surface area contributed by atoms with Gasteiger partial charge in [-0.25, -0.2) is 13.8 Å². The summed E-state index contributed by atoms with van der Waals surface area (Å²) >= 11 is 0. The lowest BCUT2D eigenvalue weighted by Gasteiger charge is -2.41. The Morgan fingerprint density at radius 3 is 2.76 bits per heavy atom. The number of halogens is 2. The molecule has 3 N–H and O–H groups in total. The molecule has 0 saturated carbocycles. The van der Waals surface area contributed by atoms with E-state index in [-0.39, 0.29) is 30.5 Å². The number of amides is 2. The Balaban J connectivity index is 1.54. The van der Waals surface area contributed by atoms with Crippen LogP contribution in [0.25, 0.3) is 0 Å². The third-order valence-electron chi connectivity index (χ3n) is 6.33.